The lowest BCUT2D eigenvalue weighted by atomic mass is 10.2. The highest BCUT2D eigenvalue weighted by Gasteiger charge is 2.12. The number of thiazole rings is 1. The van der Waals surface area contributed by atoms with E-state index in [0.29, 0.717) is 30.4 Å². The second kappa shape index (κ2) is 10.6. The first kappa shape index (κ1) is 20.8. The molecule has 0 aliphatic heterocycles. The highest BCUT2D eigenvalue weighted by atomic mass is 32.1. The maximum atomic E-state index is 12.5. The molecule has 7 heteroatoms. The first-order chi connectivity index (χ1) is 14.2. The summed E-state index contributed by atoms with van der Waals surface area (Å²) in [7, 11) is 0. The molecule has 0 unspecified atom stereocenters. The molecular formula is C22H25N3O3S. The molecule has 1 N–H and O–H groups in total. The normalized spacial score (nSPS) is 10.6. The third-order valence-electron chi connectivity index (χ3n) is 3.95. The number of carbonyl (C=O) groups is 1. The molecule has 0 saturated carbocycles. The Hall–Kier alpha value is -2.93. The van der Waals surface area contributed by atoms with Gasteiger partial charge >= 0.3 is 0 Å². The number of benzene rings is 1. The summed E-state index contributed by atoms with van der Waals surface area (Å²) in [5, 5.41) is 5.67. The van der Waals surface area contributed by atoms with Gasteiger partial charge in [0.1, 0.15) is 5.01 Å². The quantitative estimate of drug-likeness (QED) is 0.510. The van der Waals surface area contributed by atoms with E-state index < -0.39 is 0 Å². The van der Waals surface area contributed by atoms with E-state index in [1.807, 2.05) is 36.6 Å². The van der Waals surface area contributed by atoms with Gasteiger partial charge in [0, 0.05) is 35.1 Å². The maximum Gasteiger partial charge on any atom is 0.230 e. The summed E-state index contributed by atoms with van der Waals surface area (Å²) in [6.45, 7) is 5.32. The number of pyridine rings is 1. The van der Waals surface area contributed by atoms with Crippen molar-refractivity contribution in [1.29, 1.82) is 0 Å². The topological polar surface area (TPSA) is 73.3 Å². The summed E-state index contributed by atoms with van der Waals surface area (Å²) in [6, 6.07) is 9.29. The van der Waals surface area contributed by atoms with E-state index in [1.54, 1.807) is 18.5 Å². The van der Waals surface area contributed by atoms with Gasteiger partial charge in [0.25, 0.3) is 0 Å². The van der Waals surface area contributed by atoms with Crippen LogP contribution in [0.5, 0.6) is 11.5 Å². The Morgan fingerprint density at radius 2 is 1.90 bits per heavy atom. The van der Waals surface area contributed by atoms with Crippen molar-refractivity contribution in [2.45, 2.75) is 33.1 Å². The van der Waals surface area contributed by atoms with Gasteiger partial charge in [-0.2, -0.15) is 0 Å². The minimum Gasteiger partial charge on any atom is -0.490 e. The van der Waals surface area contributed by atoms with Crippen molar-refractivity contribution in [3.8, 4) is 22.1 Å². The molecule has 3 aromatic rings. The van der Waals surface area contributed by atoms with Crippen LogP contribution >= 0.6 is 11.3 Å². The van der Waals surface area contributed by atoms with Crippen LogP contribution in [0.15, 0.2) is 48.1 Å². The fourth-order valence-electron chi connectivity index (χ4n) is 2.62. The van der Waals surface area contributed by atoms with Crippen LogP contribution in [0.1, 0.15) is 32.4 Å². The average Bonchev–Trinajstić information content (AvgIpc) is 3.20. The van der Waals surface area contributed by atoms with Crippen molar-refractivity contribution in [3.63, 3.8) is 0 Å². The molecule has 0 aliphatic rings. The Morgan fingerprint density at radius 3 is 2.62 bits per heavy atom. The molecule has 0 saturated heterocycles. The predicted octanol–water partition coefficient (Wildman–Crippen LogP) is 4.96. The van der Waals surface area contributed by atoms with Gasteiger partial charge in [-0.05, 0) is 37.1 Å². The van der Waals surface area contributed by atoms with Crippen molar-refractivity contribution in [3.05, 3.63) is 53.8 Å². The number of anilines is 1. The SMILES string of the molecule is CCCOc1ccc(NC(=O)Cc2csc(-c3cccnc3)n2)cc1OCCC. The summed E-state index contributed by atoms with van der Waals surface area (Å²) in [6.07, 6.45) is 5.51. The van der Waals surface area contributed by atoms with Gasteiger partial charge in [-0.15, -0.1) is 11.3 Å². The van der Waals surface area contributed by atoms with Crippen molar-refractivity contribution >= 4 is 22.9 Å². The molecule has 0 fully saturated rings. The third kappa shape index (κ3) is 6.02. The lowest BCUT2D eigenvalue weighted by Gasteiger charge is -2.14. The molecule has 152 valence electrons. The highest BCUT2D eigenvalue weighted by Crippen LogP contribution is 2.31. The molecule has 3 rings (SSSR count). The monoisotopic (exact) mass is 411 g/mol. The summed E-state index contributed by atoms with van der Waals surface area (Å²) < 4.78 is 11.5. The molecule has 1 amide bonds. The fraction of sp³-hybridized carbons (Fsp3) is 0.318. The Bertz CT molecular complexity index is 928. The van der Waals surface area contributed by atoms with Crippen molar-refractivity contribution < 1.29 is 14.3 Å². The van der Waals surface area contributed by atoms with Crippen LogP contribution < -0.4 is 14.8 Å². The van der Waals surface area contributed by atoms with Gasteiger partial charge in [0.2, 0.25) is 5.91 Å². The number of nitrogens with one attached hydrogen (secondary N) is 1. The largest absolute Gasteiger partial charge is 0.490 e. The highest BCUT2D eigenvalue weighted by molar-refractivity contribution is 7.13. The van der Waals surface area contributed by atoms with Crippen LogP contribution in [-0.2, 0) is 11.2 Å². The van der Waals surface area contributed by atoms with E-state index in [4.69, 9.17) is 9.47 Å². The third-order valence-corrected chi connectivity index (χ3v) is 4.89. The molecule has 0 radical (unpaired) electrons. The van der Waals surface area contributed by atoms with Crippen LogP contribution in [0.25, 0.3) is 10.6 Å². The van der Waals surface area contributed by atoms with Crippen LogP contribution in [0.4, 0.5) is 5.69 Å². The molecule has 0 atom stereocenters. The zero-order valence-corrected chi connectivity index (χ0v) is 17.5. The molecule has 2 aromatic heterocycles. The fourth-order valence-corrected chi connectivity index (χ4v) is 3.43. The lowest BCUT2D eigenvalue weighted by molar-refractivity contribution is -0.115. The van der Waals surface area contributed by atoms with E-state index in [1.165, 1.54) is 11.3 Å². The molecule has 29 heavy (non-hydrogen) atoms. The number of nitrogens with zero attached hydrogens (tertiary/aromatic N) is 2. The van der Waals surface area contributed by atoms with Gasteiger partial charge < -0.3 is 14.8 Å². The van der Waals surface area contributed by atoms with Gasteiger partial charge in [0.15, 0.2) is 11.5 Å². The van der Waals surface area contributed by atoms with E-state index >= 15 is 0 Å². The zero-order valence-electron chi connectivity index (χ0n) is 16.7. The van der Waals surface area contributed by atoms with Crippen LogP contribution in [0.3, 0.4) is 0 Å². The predicted molar refractivity (Wildman–Crippen MR) is 116 cm³/mol. The second-order valence-electron chi connectivity index (χ2n) is 6.47. The second-order valence-corrected chi connectivity index (χ2v) is 7.33. The summed E-state index contributed by atoms with van der Waals surface area (Å²) in [4.78, 5) is 21.1. The van der Waals surface area contributed by atoms with Gasteiger partial charge in [-0.3, -0.25) is 9.78 Å². The van der Waals surface area contributed by atoms with E-state index in [-0.39, 0.29) is 12.3 Å². The summed E-state index contributed by atoms with van der Waals surface area (Å²) >= 11 is 1.50. The Balaban J connectivity index is 1.64. The van der Waals surface area contributed by atoms with Crippen LogP contribution in [-0.4, -0.2) is 29.1 Å². The number of amides is 1. The van der Waals surface area contributed by atoms with E-state index in [9.17, 15) is 4.79 Å². The smallest absolute Gasteiger partial charge is 0.230 e. The summed E-state index contributed by atoms with van der Waals surface area (Å²) in [5.41, 5.74) is 2.36. The van der Waals surface area contributed by atoms with Crippen molar-refractivity contribution in [2.24, 2.45) is 0 Å². The number of rotatable bonds is 10. The number of hydrogen-bond acceptors (Lipinski definition) is 6. The van der Waals surface area contributed by atoms with Crippen molar-refractivity contribution in [1.82, 2.24) is 9.97 Å². The number of hydrogen-bond donors (Lipinski definition) is 1. The van der Waals surface area contributed by atoms with Gasteiger partial charge in [0.05, 0.1) is 25.3 Å². The van der Waals surface area contributed by atoms with E-state index in [0.717, 1.165) is 29.1 Å². The Morgan fingerprint density at radius 1 is 1.10 bits per heavy atom. The number of ether oxygens (including phenoxy) is 2. The molecule has 0 bridgehead atoms. The minimum absolute atomic E-state index is 0.128. The first-order valence-electron chi connectivity index (χ1n) is 9.74. The molecule has 0 spiro atoms. The lowest BCUT2D eigenvalue weighted by Crippen LogP contribution is -2.14. The number of carbonyl (C=O) groups excluding carboxylic acids is 1. The first-order valence-corrected chi connectivity index (χ1v) is 10.6. The molecule has 2 heterocycles. The standard InChI is InChI=1S/C22H25N3O3S/c1-3-10-27-19-8-7-17(12-20(19)28-11-4-2)24-21(26)13-18-15-29-22(25-18)16-6-5-9-23-14-16/h5-9,12,14-15H,3-4,10-11,13H2,1-2H3,(H,24,26). The maximum absolute atomic E-state index is 12.5. The summed E-state index contributed by atoms with van der Waals surface area (Å²) in [5.74, 6) is 1.21. The average molecular weight is 412 g/mol. The van der Waals surface area contributed by atoms with Crippen LogP contribution in [0, 0.1) is 0 Å². The van der Waals surface area contributed by atoms with Gasteiger partial charge in [-0.25, -0.2) is 4.98 Å². The molecule has 6 nitrogen and oxygen atoms in total. The minimum atomic E-state index is -0.128. The van der Waals surface area contributed by atoms with Crippen LogP contribution in [0.2, 0.25) is 0 Å². The molecule has 1 aromatic carbocycles. The Kier molecular flexibility index (Phi) is 7.58. The zero-order chi connectivity index (χ0) is 20.5. The van der Waals surface area contributed by atoms with Crippen molar-refractivity contribution in [2.75, 3.05) is 18.5 Å². The van der Waals surface area contributed by atoms with Gasteiger partial charge in [-0.1, -0.05) is 13.8 Å². The Labute approximate surface area is 174 Å². The number of aromatic nitrogens is 2. The molecular weight excluding hydrogens is 386 g/mol. The molecule has 0 aliphatic carbocycles. The van der Waals surface area contributed by atoms with E-state index in [2.05, 4.69) is 22.2 Å².